The molecule has 3 aromatic heterocycles. The molecule has 5 nitrogen and oxygen atoms in total. The zero-order chi connectivity index (χ0) is 20.8. The van der Waals surface area contributed by atoms with E-state index in [1.807, 2.05) is 35.0 Å². The first-order chi connectivity index (χ1) is 14.5. The van der Waals surface area contributed by atoms with Crippen LogP contribution in [0.5, 0.6) is 0 Å². The molecule has 1 aliphatic rings. The number of aromatic amines is 1. The molecule has 9 heteroatoms. The number of fused-ring (bicyclic) bond motifs is 2. The van der Waals surface area contributed by atoms with E-state index in [-0.39, 0.29) is 23.9 Å². The number of carbonyl (C=O) groups excluding carboxylic acids is 2. The fraction of sp³-hybridized carbons (Fsp3) is 0.143. The molecule has 2 amide bonds. The Labute approximate surface area is 190 Å². The van der Waals surface area contributed by atoms with Crippen molar-refractivity contribution in [1.82, 2.24) is 15.6 Å². The normalized spacial score (nSPS) is 17.8. The summed E-state index contributed by atoms with van der Waals surface area (Å²) < 4.78 is 1.32. The summed E-state index contributed by atoms with van der Waals surface area (Å²) >= 11 is 15.0. The summed E-state index contributed by atoms with van der Waals surface area (Å²) in [6.45, 7) is 0. The molecule has 0 aliphatic heterocycles. The number of hydrogen-bond acceptors (Lipinski definition) is 4. The van der Waals surface area contributed by atoms with Gasteiger partial charge in [0.1, 0.15) is 10.0 Å². The fourth-order valence-corrected chi connectivity index (χ4v) is 5.93. The minimum absolute atomic E-state index is 0.154. The van der Waals surface area contributed by atoms with Gasteiger partial charge in [-0.1, -0.05) is 47.5 Å². The van der Waals surface area contributed by atoms with E-state index < -0.39 is 0 Å². The lowest BCUT2D eigenvalue weighted by atomic mass is 10.1. The monoisotopic (exact) mass is 475 g/mol. The van der Waals surface area contributed by atoms with Crippen molar-refractivity contribution >= 4 is 67.9 Å². The van der Waals surface area contributed by atoms with Gasteiger partial charge < -0.3 is 15.6 Å². The van der Waals surface area contributed by atoms with Crippen molar-refractivity contribution < 1.29 is 9.59 Å². The van der Waals surface area contributed by atoms with Gasteiger partial charge in [0.2, 0.25) is 0 Å². The number of benzene rings is 1. The Kier molecular flexibility index (Phi) is 5.06. The van der Waals surface area contributed by atoms with Gasteiger partial charge in [-0.3, -0.25) is 9.59 Å². The summed E-state index contributed by atoms with van der Waals surface area (Å²) in [6, 6.07) is 10.9. The molecular formula is C21H15Cl2N3O2S2. The van der Waals surface area contributed by atoms with Crippen LogP contribution in [-0.2, 0) is 6.42 Å². The van der Waals surface area contributed by atoms with Crippen LogP contribution in [0.25, 0.3) is 10.2 Å². The van der Waals surface area contributed by atoms with Crippen molar-refractivity contribution in [1.29, 1.82) is 0 Å². The molecule has 0 radical (unpaired) electrons. The van der Waals surface area contributed by atoms with E-state index in [0.29, 0.717) is 32.6 Å². The van der Waals surface area contributed by atoms with Gasteiger partial charge >= 0.3 is 0 Å². The van der Waals surface area contributed by atoms with Crippen LogP contribution < -0.4 is 10.6 Å². The van der Waals surface area contributed by atoms with E-state index >= 15 is 0 Å². The molecule has 2 atom stereocenters. The highest BCUT2D eigenvalue weighted by molar-refractivity contribution is 7.23. The number of nitrogens with one attached hydrogen (secondary N) is 3. The van der Waals surface area contributed by atoms with Gasteiger partial charge in [0, 0.05) is 5.38 Å². The van der Waals surface area contributed by atoms with Gasteiger partial charge in [-0.25, -0.2) is 0 Å². The third kappa shape index (κ3) is 3.41. The first-order valence-electron chi connectivity index (χ1n) is 9.19. The summed E-state index contributed by atoms with van der Waals surface area (Å²) in [5.41, 5.74) is 3.82. The van der Waals surface area contributed by atoms with Crippen LogP contribution in [0.4, 0.5) is 0 Å². The molecule has 0 unspecified atom stereocenters. The van der Waals surface area contributed by atoms with Gasteiger partial charge in [-0.15, -0.1) is 11.3 Å². The average molecular weight is 476 g/mol. The number of aromatic nitrogens is 1. The number of H-pyrrole nitrogens is 1. The van der Waals surface area contributed by atoms with Crippen LogP contribution in [-0.4, -0.2) is 22.8 Å². The number of amides is 2. The SMILES string of the molecule is O=C(N[C@H]1c2ccccc2C[C@@H]1NC(=O)c1cc2sc(Cl)c(Cl)c2[nH]1)c1ccsc1. The van der Waals surface area contributed by atoms with Crippen molar-refractivity contribution in [2.75, 3.05) is 0 Å². The lowest BCUT2D eigenvalue weighted by molar-refractivity contribution is 0.0886. The fourth-order valence-electron chi connectivity index (χ4n) is 3.81. The van der Waals surface area contributed by atoms with Crippen molar-refractivity contribution in [2.24, 2.45) is 0 Å². The van der Waals surface area contributed by atoms with E-state index in [9.17, 15) is 9.59 Å². The first kappa shape index (κ1) is 19.6. The molecule has 0 spiro atoms. The molecule has 4 aromatic rings. The number of halogens is 2. The predicted octanol–water partition coefficient (Wildman–Crippen LogP) is 5.42. The number of thiophene rings is 2. The third-order valence-corrected chi connectivity index (χ3v) is 7.85. The van der Waals surface area contributed by atoms with Crippen LogP contribution in [0.1, 0.15) is 38.0 Å². The maximum absolute atomic E-state index is 13.0. The second-order valence-corrected chi connectivity index (χ2v) is 9.87. The average Bonchev–Trinajstić information content (AvgIpc) is 3.50. The summed E-state index contributed by atoms with van der Waals surface area (Å²) in [5.74, 6) is -0.405. The molecule has 30 heavy (non-hydrogen) atoms. The number of rotatable bonds is 4. The topological polar surface area (TPSA) is 74.0 Å². The van der Waals surface area contributed by atoms with E-state index in [0.717, 1.165) is 15.8 Å². The number of carbonyl (C=O) groups is 2. The van der Waals surface area contributed by atoms with Crippen LogP contribution >= 0.6 is 45.9 Å². The zero-order valence-electron chi connectivity index (χ0n) is 15.4. The van der Waals surface area contributed by atoms with E-state index in [1.165, 1.54) is 22.7 Å². The van der Waals surface area contributed by atoms with Gasteiger partial charge in [0.25, 0.3) is 11.8 Å². The lowest BCUT2D eigenvalue weighted by Crippen LogP contribution is -2.44. The summed E-state index contributed by atoms with van der Waals surface area (Å²) in [7, 11) is 0. The first-order valence-corrected chi connectivity index (χ1v) is 11.7. The molecule has 3 N–H and O–H groups in total. The highest BCUT2D eigenvalue weighted by Gasteiger charge is 2.35. The van der Waals surface area contributed by atoms with Crippen molar-refractivity contribution in [3.05, 3.63) is 78.9 Å². The second kappa shape index (κ2) is 7.74. The van der Waals surface area contributed by atoms with E-state index in [2.05, 4.69) is 15.6 Å². The lowest BCUT2D eigenvalue weighted by Gasteiger charge is -2.23. The van der Waals surface area contributed by atoms with Crippen molar-refractivity contribution in [3.8, 4) is 0 Å². The maximum atomic E-state index is 13.0. The highest BCUT2D eigenvalue weighted by atomic mass is 35.5. The van der Waals surface area contributed by atoms with E-state index in [4.69, 9.17) is 23.2 Å². The van der Waals surface area contributed by atoms with Crippen LogP contribution in [0.3, 0.4) is 0 Å². The summed E-state index contributed by atoms with van der Waals surface area (Å²) in [4.78, 5) is 28.7. The Morgan fingerprint density at radius 1 is 1.10 bits per heavy atom. The molecule has 3 heterocycles. The molecule has 0 fully saturated rings. The molecular weight excluding hydrogens is 461 g/mol. The van der Waals surface area contributed by atoms with E-state index in [1.54, 1.807) is 12.1 Å². The Bertz CT molecular complexity index is 1260. The predicted molar refractivity (Wildman–Crippen MR) is 122 cm³/mol. The Morgan fingerprint density at radius 2 is 1.93 bits per heavy atom. The molecule has 152 valence electrons. The van der Waals surface area contributed by atoms with Crippen molar-refractivity contribution in [2.45, 2.75) is 18.5 Å². The molecule has 1 aromatic carbocycles. The standard InChI is InChI=1S/C21H15Cl2N3O2S2/c22-16-18-15(30-19(16)23)8-14(24-18)21(28)25-13-7-10-3-1-2-4-12(10)17(13)26-20(27)11-5-6-29-9-11/h1-6,8-9,13,17,24H,7H2,(H,25,28)(H,26,27)/t13-,17-/m0/s1. The van der Waals surface area contributed by atoms with Crippen molar-refractivity contribution in [3.63, 3.8) is 0 Å². The molecule has 5 rings (SSSR count). The Morgan fingerprint density at radius 3 is 2.70 bits per heavy atom. The highest BCUT2D eigenvalue weighted by Crippen LogP contribution is 2.39. The Hall–Kier alpha value is -2.32. The Balaban J connectivity index is 1.40. The van der Waals surface area contributed by atoms with Gasteiger partial charge in [0.05, 0.1) is 32.9 Å². The maximum Gasteiger partial charge on any atom is 0.268 e. The molecule has 0 bridgehead atoms. The van der Waals surface area contributed by atoms with Gasteiger partial charge in [-0.05, 0) is 35.1 Å². The largest absolute Gasteiger partial charge is 0.349 e. The zero-order valence-corrected chi connectivity index (χ0v) is 18.5. The molecule has 0 saturated carbocycles. The van der Waals surface area contributed by atoms with Gasteiger partial charge in [-0.2, -0.15) is 11.3 Å². The van der Waals surface area contributed by atoms with Crippen LogP contribution in [0.2, 0.25) is 9.36 Å². The molecule has 1 aliphatic carbocycles. The number of hydrogen-bond donors (Lipinski definition) is 3. The minimum atomic E-state index is -0.313. The summed E-state index contributed by atoms with van der Waals surface area (Å²) in [6.07, 6.45) is 0.637. The van der Waals surface area contributed by atoms with Crippen LogP contribution in [0, 0.1) is 0 Å². The second-order valence-electron chi connectivity index (χ2n) is 7.06. The smallest absolute Gasteiger partial charge is 0.268 e. The summed E-state index contributed by atoms with van der Waals surface area (Å²) in [5, 5.41) is 10.3. The van der Waals surface area contributed by atoms with Crippen LogP contribution in [0.15, 0.2) is 47.2 Å². The third-order valence-electron chi connectivity index (χ3n) is 5.24. The quantitative estimate of drug-likeness (QED) is 0.368. The minimum Gasteiger partial charge on any atom is -0.349 e. The van der Waals surface area contributed by atoms with Gasteiger partial charge in [0.15, 0.2) is 0 Å². The molecule has 0 saturated heterocycles.